The van der Waals surface area contributed by atoms with Crippen molar-refractivity contribution in [2.45, 2.75) is 38.3 Å². The largest absolute Gasteiger partial charge is 0.508 e. The van der Waals surface area contributed by atoms with Crippen LogP contribution < -0.4 is 5.73 Å². The van der Waals surface area contributed by atoms with Gasteiger partial charge in [0, 0.05) is 6.42 Å². The summed E-state index contributed by atoms with van der Waals surface area (Å²) in [6.07, 6.45) is 0.460. The SMILES string of the molecule is CC(C)(CC(=O)[C@@H](N)Cc1ccc(O)cc1)OC=O. The predicted octanol–water partition coefficient (Wildman–Crippen LogP) is 1.17. The molecular formula is C14H19NO4. The van der Waals surface area contributed by atoms with Crippen LogP contribution in [0.4, 0.5) is 0 Å². The molecule has 1 rings (SSSR count). The van der Waals surface area contributed by atoms with E-state index in [1.807, 2.05) is 0 Å². The first-order valence-electron chi connectivity index (χ1n) is 6.02. The number of phenolic OH excluding ortho intramolecular Hbond substituents is 1. The summed E-state index contributed by atoms with van der Waals surface area (Å²) < 4.78 is 4.83. The van der Waals surface area contributed by atoms with E-state index in [9.17, 15) is 9.59 Å². The number of Topliss-reactive ketones (excluding diaryl/α,β-unsaturated/α-hetero) is 1. The molecule has 1 aromatic carbocycles. The second kappa shape index (κ2) is 6.33. The normalized spacial score (nSPS) is 12.8. The quantitative estimate of drug-likeness (QED) is 0.722. The Kier molecular flexibility index (Phi) is 5.06. The van der Waals surface area contributed by atoms with Crippen molar-refractivity contribution in [2.24, 2.45) is 5.73 Å². The molecule has 0 aromatic heterocycles. The van der Waals surface area contributed by atoms with E-state index in [4.69, 9.17) is 15.6 Å². The van der Waals surface area contributed by atoms with E-state index in [0.29, 0.717) is 12.9 Å². The molecule has 0 aliphatic carbocycles. The van der Waals surface area contributed by atoms with E-state index in [1.54, 1.807) is 38.1 Å². The van der Waals surface area contributed by atoms with Crippen molar-refractivity contribution in [3.8, 4) is 5.75 Å². The Hall–Kier alpha value is -1.88. The Morgan fingerprint density at radius 3 is 2.53 bits per heavy atom. The molecule has 5 nitrogen and oxygen atoms in total. The highest BCUT2D eigenvalue weighted by molar-refractivity contribution is 5.85. The van der Waals surface area contributed by atoms with Crippen LogP contribution in [0.5, 0.6) is 5.75 Å². The summed E-state index contributed by atoms with van der Waals surface area (Å²) in [5.74, 6) is 0.00379. The molecule has 0 radical (unpaired) electrons. The first-order valence-corrected chi connectivity index (χ1v) is 6.02. The predicted molar refractivity (Wildman–Crippen MR) is 70.6 cm³/mol. The molecule has 1 aromatic rings. The lowest BCUT2D eigenvalue weighted by molar-refractivity contribution is -0.143. The summed E-state index contributed by atoms with van der Waals surface area (Å²) in [5.41, 5.74) is 5.86. The molecule has 5 heteroatoms. The van der Waals surface area contributed by atoms with Gasteiger partial charge in [0.2, 0.25) is 0 Å². The van der Waals surface area contributed by atoms with E-state index >= 15 is 0 Å². The second-order valence-electron chi connectivity index (χ2n) is 5.09. The number of hydrogen-bond donors (Lipinski definition) is 2. The molecule has 0 heterocycles. The lowest BCUT2D eigenvalue weighted by atomic mass is 9.94. The Bertz CT molecular complexity index is 439. The van der Waals surface area contributed by atoms with Crippen LogP contribution in [0.25, 0.3) is 0 Å². The molecule has 3 N–H and O–H groups in total. The van der Waals surface area contributed by atoms with Crippen molar-refractivity contribution in [3.63, 3.8) is 0 Å². The molecule has 0 saturated carbocycles. The van der Waals surface area contributed by atoms with Gasteiger partial charge in [-0.25, -0.2) is 0 Å². The maximum Gasteiger partial charge on any atom is 0.293 e. The number of hydrogen-bond acceptors (Lipinski definition) is 5. The Morgan fingerprint density at radius 1 is 1.42 bits per heavy atom. The minimum Gasteiger partial charge on any atom is -0.508 e. The number of nitrogens with two attached hydrogens (primary N) is 1. The van der Waals surface area contributed by atoms with Crippen LogP contribution >= 0.6 is 0 Å². The van der Waals surface area contributed by atoms with Gasteiger partial charge in [-0.2, -0.15) is 0 Å². The Morgan fingerprint density at radius 2 is 2.00 bits per heavy atom. The standard InChI is InChI=1S/C14H19NO4/c1-14(2,19-9-16)8-13(18)12(15)7-10-3-5-11(17)6-4-10/h3-6,9,12,17H,7-8,15H2,1-2H3/t12-/m0/s1. The zero-order valence-electron chi connectivity index (χ0n) is 11.1. The summed E-state index contributed by atoms with van der Waals surface area (Å²) in [7, 11) is 0. The Labute approximate surface area is 112 Å². The van der Waals surface area contributed by atoms with Crippen LogP contribution in [-0.2, 0) is 20.7 Å². The van der Waals surface area contributed by atoms with Gasteiger partial charge < -0.3 is 15.6 Å². The van der Waals surface area contributed by atoms with Gasteiger partial charge >= 0.3 is 0 Å². The van der Waals surface area contributed by atoms with Crippen molar-refractivity contribution in [3.05, 3.63) is 29.8 Å². The number of benzene rings is 1. The summed E-state index contributed by atoms with van der Waals surface area (Å²) in [6, 6.07) is 5.88. The monoisotopic (exact) mass is 265 g/mol. The second-order valence-corrected chi connectivity index (χ2v) is 5.09. The van der Waals surface area contributed by atoms with E-state index in [-0.39, 0.29) is 18.0 Å². The lowest BCUT2D eigenvalue weighted by Crippen LogP contribution is -2.38. The molecule has 0 unspecified atom stereocenters. The fraction of sp³-hybridized carbons (Fsp3) is 0.429. The van der Waals surface area contributed by atoms with Crippen LogP contribution in [0.15, 0.2) is 24.3 Å². The fourth-order valence-electron chi connectivity index (χ4n) is 1.72. The smallest absolute Gasteiger partial charge is 0.293 e. The molecule has 0 aliphatic heterocycles. The summed E-state index contributed by atoms with van der Waals surface area (Å²) in [6.45, 7) is 3.65. The zero-order chi connectivity index (χ0) is 14.5. The van der Waals surface area contributed by atoms with Gasteiger partial charge in [-0.05, 0) is 38.0 Å². The summed E-state index contributed by atoms with van der Waals surface area (Å²) in [4.78, 5) is 22.2. The van der Waals surface area contributed by atoms with Gasteiger partial charge in [0.15, 0.2) is 5.78 Å². The van der Waals surface area contributed by atoms with Crippen molar-refractivity contribution in [1.82, 2.24) is 0 Å². The van der Waals surface area contributed by atoms with Crippen molar-refractivity contribution < 1.29 is 19.4 Å². The highest BCUT2D eigenvalue weighted by Gasteiger charge is 2.26. The van der Waals surface area contributed by atoms with Crippen molar-refractivity contribution >= 4 is 12.3 Å². The minimum absolute atomic E-state index is 0.0744. The van der Waals surface area contributed by atoms with Gasteiger partial charge in [-0.15, -0.1) is 0 Å². The van der Waals surface area contributed by atoms with E-state index < -0.39 is 11.6 Å². The van der Waals surface area contributed by atoms with Crippen LogP contribution in [0.2, 0.25) is 0 Å². The first kappa shape index (κ1) is 15.2. The number of aromatic hydroxyl groups is 1. The van der Waals surface area contributed by atoms with Crippen LogP contribution in [-0.4, -0.2) is 29.0 Å². The number of phenols is 1. The average Bonchev–Trinajstić information content (AvgIpc) is 2.31. The third-order valence-corrected chi connectivity index (χ3v) is 2.77. The highest BCUT2D eigenvalue weighted by Crippen LogP contribution is 2.16. The third-order valence-electron chi connectivity index (χ3n) is 2.77. The van der Waals surface area contributed by atoms with Crippen molar-refractivity contribution in [2.75, 3.05) is 0 Å². The van der Waals surface area contributed by atoms with Gasteiger partial charge in [0.25, 0.3) is 6.47 Å². The molecule has 0 saturated heterocycles. The molecule has 1 atom stereocenters. The van der Waals surface area contributed by atoms with Crippen LogP contribution in [0.3, 0.4) is 0 Å². The first-order chi connectivity index (χ1) is 8.84. The van der Waals surface area contributed by atoms with Gasteiger partial charge in [-0.1, -0.05) is 12.1 Å². The number of ketones is 1. The number of carbonyl (C=O) groups excluding carboxylic acids is 2. The molecular weight excluding hydrogens is 246 g/mol. The minimum atomic E-state index is -0.842. The lowest BCUT2D eigenvalue weighted by Gasteiger charge is -2.23. The van der Waals surface area contributed by atoms with E-state index in [0.717, 1.165) is 5.56 Å². The molecule has 0 amide bonds. The maximum absolute atomic E-state index is 11.9. The van der Waals surface area contributed by atoms with Crippen LogP contribution in [0.1, 0.15) is 25.8 Å². The molecule has 0 spiro atoms. The molecule has 0 aliphatic rings. The van der Waals surface area contributed by atoms with E-state index in [2.05, 4.69) is 0 Å². The summed E-state index contributed by atoms with van der Waals surface area (Å²) >= 11 is 0. The Balaban J connectivity index is 2.57. The van der Waals surface area contributed by atoms with Crippen LogP contribution in [0, 0.1) is 0 Å². The number of ether oxygens (including phenoxy) is 1. The average molecular weight is 265 g/mol. The number of carbonyl (C=O) groups is 2. The highest BCUT2D eigenvalue weighted by atomic mass is 16.5. The van der Waals surface area contributed by atoms with E-state index in [1.165, 1.54) is 0 Å². The molecule has 19 heavy (non-hydrogen) atoms. The molecule has 0 fully saturated rings. The van der Waals surface area contributed by atoms with Gasteiger partial charge in [-0.3, -0.25) is 9.59 Å². The molecule has 104 valence electrons. The summed E-state index contributed by atoms with van der Waals surface area (Å²) in [5, 5.41) is 9.16. The van der Waals surface area contributed by atoms with Crippen molar-refractivity contribution in [1.29, 1.82) is 0 Å². The van der Waals surface area contributed by atoms with Gasteiger partial charge in [0.05, 0.1) is 6.04 Å². The third kappa shape index (κ3) is 5.09. The topological polar surface area (TPSA) is 89.6 Å². The number of rotatable bonds is 7. The molecule has 0 bridgehead atoms. The van der Waals surface area contributed by atoms with Gasteiger partial charge in [0.1, 0.15) is 11.4 Å². The maximum atomic E-state index is 11.9. The fourth-order valence-corrected chi connectivity index (χ4v) is 1.72. The zero-order valence-corrected chi connectivity index (χ0v) is 11.1.